The molecule has 1 aromatic rings. The molecule has 0 N–H and O–H groups in total. The summed E-state index contributed by atoms with van der Waals surface area (Å²) >= 11 is 0.0960. The summed E-state index contributed by atoms with van der Waals surface area (Å²) in [5.74, 6) is 0.829. The summed E-state index contributed by atoms with van der Waals surface area (Å²) in [5, 5.41) is 0. The summed E-state index contributed by atoms with van der Waals surface area (Å²) < 4.78 is 4.28. The van der Waals surface area contributed by atoms with Crippen molar-refractivity contribution in [1.82, 2.24) is 4.98 Å². The Kier molecular flexibility index (Phi) is 6.57. The number of hydrogen-bond donors (Lipinski definition) is 0. The van der Waals surface area contributed by atoms with Gasteiger partial charge < -0.3 is 4.98 Å². The Morgan fingerprint density at radius 1 is 1.25 bits per heavy atom. The molecule has 0 amide bonds. The lowest BCUT2D eigenvalue weighted by atomic mass is 10.5. The predicted molar refractivity (Wildman–Crippen MR) is 57.8 cm³/mol. The van der Waals surface area contributed by atoms with E-state index >= 15 is 0 Å². The van der Waals surface area contributed by atoms with E-state index in [1.165, 1.54) is 0 Å². The molecule has 3 heteroatoms. The number of nitrogens with zero attached hydrogens (tertiary/aromatic N) is 2. The average Bonchev–Trinajstić information content (AvgIpc) is 2.08. The number of aromatic nitrogens is 1. The molecule has 68 valence electrons. The van der Waals surface area contributed by atoms with Crippen LogP contribution >= 0.6 is 0 Å². The van der Waals surface area contributed by atoms with Gasteiger partial charge >= 0.3 is 0 Å². The second-order valence-electron chi connectivity index (χ2n) is 2.05. The first-order valence-corrected chi connectivity index (χ1v) is 5.99. The highest BCUT2D eigenvalue weighted by molar-refractivity contribution is 7.98. The third-order valence-electron chi connectivity index (χ3n) is 0.925. The molecule has 0 aliphatic heterocycles. The standard InChI is InChI=1S/C7H10N2S.C2H6/c1-10(2)9-7-5-3-4-6-8-7;1-2/h3-6H,1-2H3;1-2H3. The molecular formula is C9H16N2S. The molecule has 0 saturated carbocycles. The Morgan fingerprint density at radius 3 is 2.33 bits per heavy atom. The van der Waals surface area contributed by atoms with Crippen molar-refractivity contribution in [2.45, 2.75) is 13.8 Å². The predicted octanol–water partition coefficient (Wildman–Crippen LogP) is 2.91. The van der Waals surface area contributed by atoms with Crippen LogP contribution in [0.1, 0.15) is 13.8 Å². The van der Waals surface area contributed by atoms with E-state index in [0.29, 0.717) is 0 Å². The van der Waals surface area contributed by atoms with Crippen LogP contribution in [0.25, 0.3) is 4.72 Å². The van der Waals surface area contributed by atoms with Crippen LogP contribution in [0.4, 0.5) is 5.82 Å². The highest BCUT2D eigenvalue weighted by Crippen LogP contribution is 2.16. The molecule has 2 nitrogen and oxygen atoms in total. The molecule has 0 aliphatic rings. The Morgan fingerprint density at radius 2 is 1.92 bits per heavy atom. The summed E-state index contributed by atoms with van der Waals surface area (Å²) in [6.07, 6.45) is 5.88. The zero-order chi connectivity index (χ0) is 9.40. The van der Waals surface area contributed by atoms with E-state index in [1.807, 2.05) is 32.0 Å². The Labute approximate surface area is 77.9 Å². The molecule has 1 aromatic heterocycles. The molecule has 0 saturated heterocycles. The SMILES string of the molecule is CC.C[S+](C)[N-]c1ccccn1. The fourth-order valence-corrected chi connectivity index (χ4v) is 1.08. The van der Waals surface area contributed by atoms with Crippen molar-refractivity contribution in [3.63, 3.8) is 0 Å². The lowest BCUT2D eigenvalue weighted by Gasteiger charge is -2.07. The minimum atomic E-state index is 0.0960. The fraction of sp³-hybridized carbons (Fsp3) is 0.444. The van der Waals surface area contributed by atoms with Gasteiger partial charge in [-0.2, -0.15) is 0 Å². The van der Waals surface area contributed by atoms with Crippen molar-refractivity contribution in [2.75, 3.05) is 12.5 Å². The van der Waals surface area contributed by atoms with E-state index in [4.69, 9.17) is 0 Å². The molecule has 0 bridgehead atoms. The fourth-order valence-electron chi connectivity index (χ4n) is 0.595. The molecule has 0 fully saturated rings. The molecule has 1 rings (SSSR count). The topological polar surface area (TPSA) is 27.0 Å². The summed E-state index contributed by atoms with van der Waals surface area (Å²) in [6, 6.07) is 5.74. The van der Waals surface area contributed by atoms with Gasteiger partial charge in [0.2, 0.25) is 0 Å². The van der Waals surface area contributed by atoms with Gasteiger partial charge in [-0.1, -0.05) is 38.2 Å². The monoisotopic (exact) mass is 184 g/mol. The normalized spacial score (nSPS) is 8.75. The number of pyridine rings is 1. The van der Waals surface area contributed by atoms with Gasteiger partial charge in [0, 0.05) is 11.1 Å². The van der Waals surface area contributed by atoms with E-state index in [-0.39, 0.29) is 11.1 Å². The third-order valence-corrected chi connectivity index (χ3v) is 1.48. The van der Waals surface area contributed by atoms with Crippen LogP contribution in [-0.2, 0) is 11.1 Å². The Balaban J connectivity index is 0.000000561. The lowest BCUT2D eigenvalue weighted by Crippen LogP contribution is -1.89. The summed E-state index contributed by atoms with van der Waals surface area (Å²) in [5.41, 5.74) is 0. The molecule has 12 heavy (non-hydrogen) atoms. The van der Waals surface area contributed by atoms with Crippen LogP contribution < -0.4 is 0 Å². The van der Waals surface area contributed by atoms with Crippen LogP contribution in [0, 0.1) is 0 Å². The van der Waals surface area contributed by atoms with Gasteiger partial charge in [-0.25, -0.2) is 0 Å². The van der Waals surface area contributed by atoms with Gasteiger partial charge in [-0.05, 0) is 5.82 Å². The van der Waals surface area contributed by atoms with Crippen molar-refractivity contribution in [1.29, 1.82) is 0 Å². The van der Waals surface area contributed by atoms with Crippen molar-refractivity contribution in [3.8, 4) is 0 Å². The number of rotatable bonds is 2. The summed E-state index contributed by atoms with van der Waals surface area (Å²) in [4.78, 5) is 4.06. The zero-order valence-corrected chi connectivity index (χ0v) is 8.93. The Bertz CT molecular complexity index is 187. The van der Waals surface area contributed by atoms with Crippen molar-refractivity contribution in [2.24, 2.45) is 0 Å². The maximum absolute atomic E-state index is 4.28. The highest BCUT2D eigenvalue weighted by atomic mass is 32.2. The molecule has 1 heterocycles. The third kappa shape index (κ3) is 5.02. The quantitative estimate of drug-likeness (QED) is 0.649. The second-order valence-corrected chi connectivity index (χ2v) is 3.78. The maximum atomic E-state index is 4.28. The van der Waals surface area contributed by atoms with Gasteiger partial charge in [0.15, 0.2) is 0 Å². The van der Waals surface area contributed by atoms with Gasteiger partial charge in [0.1, 0.15) is 12.5 Å². The minimum Gasteiger partial charge on any atom is -0.439 e. The highest BCUT2D eigenvalue weighted by Gasteiger charge is 1.92. The van der Waals surface area contributed by atoms with Gasteiger partial charge in [0.05, 0.1) is 0 Å². The molecule has 0 radical (unpaired) electrons. The maximum Gasteiger partial charge on any atom is 0.106 e. The van der Waals surface area contributed by atoms with E-state index < -0.39 is 0 Å². The molecular weight excluding hydrogens is 168 g/mol. The largest absolute Gasteiger partial charge is 0.439 e. The van der Waals surface area contributed by atoms with Crippen molar-refractivity contribution >= 4 is 16.9 Å². The lowest BCUT2D eigenvalue weighted by molar-refractivity contribution is 1.35. The van der Waals surface area contributed by atoms with Crippen molar-refractivity contribution in [3.05, 3.63) is 29.1 Å². The zero-order valence-electron chi connectivity index (χ0n) is 8.11. The molecule has 0 spiro atoms. The van der Waals surface area contributed by atoms with Crippen LogP contribution in [0.15, 0.2) is 24.4 Å². The van der Waals surface area contributed by atoms with Gasteiger partial charge in [-0.3, -0.25) is 4.72 Å². The smallest absolute Gasteiger partial charge is 0.106 e. The first kappa shape index (κ1) is 11.3. The number of hydrogen-bond acceptors (Lipinski definition) is 1. The summed E-state index contributed by atoms with van der Waals surface area (Å²) in [7, 11) is 0. The molecule has 0 aliphatic carbocycles. The van der Waals surface area contributed by atoms with E-state index in [2.05, 4.69) is 22.2 Å². The summed E-state index contributed by atoms with van der Waals surface area (Å²) in [6.45, 7) is 4.00. The van der Waals surface area contributed by atoms with Crippen LogP contribution in [0.3, 0.4) is 0 Å². The first-order chi connectivity index (χ1) is 5.79. The van der Waals surface area contributed by atoms with E-state index in [1.54, 1.807) is 6.20 Å². The van der Waals surface area contributed by atoms with E-state index in [9.17, 15) is 0 Å². The molecule has 0 atom stereocenters. The van der Waals surface area contributed by atoms with Crippen molar-refractivity contribution < 1.29 is 0 Å². The van der Waals surface area contributed by atoms with Crippen LogP contribution in [0.5, 0.6) is 0 Å². The van der Waals surface area contributed by atoms with Gasteiger partial charge in [0.25, 0.3) is 0 Å². The van der Waals surface area contributed by atoms with Crippen LogP contribution in [-0.4, -0.2) is 17.5 Å². The molecule has 0 aromatic carbocycles. The van der Waals surface area contributed by atoms with Crippen LogP contribution in [0.2, 0.25) is 0 Å². The minimum absolute atomic E-state index is 0.0960. The second kappa shape index (κ2) is 6.98. The molecule has 0 unspecified atom stereocenters. The Hall–Kier alpha value is -0.700. The first-order valence-electron chi connectivity index (χ1n) is 3.99. The van der Waals surface area contributed by atoms with Gasteiger partial charge in [-0.15, -0.1) is 0 Å². The average molecular weight is 184 g/mol. The van der Waals surface area contributed by atoms with E-state index in [0.717, 1.165) is 5.82 Å².